The van der Waals surface area contributed by atoms with Crippen LogP contribution in [-0.2, 0) is 15.8 Å². The molecule has 0 heterocycles. The smallest absolute Gasteiger partial charge is 0.215 e. The van der Waals surface area contributed by atoms with E-state index in [0.717, 1.165) is 9.13 Å². The maximum Gasteiger partial charge on any atom is 0.215 e. The molecule has 0 amide bonds. The minimum atomic E-state index is -3.20. The number of nitrogens with one attached hydrogen (secondary N) is 1. The van der Waals surface area contributed by atoms with Crippen LogP contribution in [-0.4, -0.2) is 15.5 Å². The third kappa shape index (κ3) is 3.10. The highest BCUT2D eigenvalue weighted by Gasteiger charge is 2.09. The van der Waals surface area contributed by atoms with Crippen LogP contribution >= 0.6 is 22.6 Å². The summed E-state index contributed by atoms with van der Waals surface area (Å²) >= 11 is 2.07. The zero-order valence-corrected chi connectivity index (χ0v) is 10.6. The average Bonchev–Trinajstić information content (AvgIpc) is 2.11. The number of benzene rings is 1. The Hall–Kier alpha value is -0.340. The molecule has 4 nitrogen and oxygen atoms in total. The Kier molecular flexibility index (Phi) is 3.73. The summed E-state index contributed by atoms with van der Waals surface area (Å²) in [6.07, 6.45) is 0. The molecule has 14 heavy (non-hydrogen) atoms. The largest absolute Gasteiger partial charge is 0.398 e. The monoisotopic (exact) mass is 326 g/mol. The summed E-state index contributed by atoms with van der Waals surface area (Å²) in [5, 5.41) is 0. The number of halogens is 1. The van der Waals surface area contributed by atoms with Gasteiger partial charge in [-0.25, -0.2) is 13.1 Å². The average molecular weight is 326 g/mol. The second kappa shape index (κ2) is 4.45. The van der Waals surface area contributed by atoms with Crippen molar-refractivity contribution in [3.05, 3.63) is 27.3 Å². The Morgan fingerprint density at radius 2 is 2.14 bits per heavy atom. The summed E-state index contributed by atoms with van der Waals surface area (Å²) < 4.78 is 25.6. The van der Waals surface area contributed by atoms with Crippen molar-refractivity contribution in [1.29, 1.82) is 0 Å². The minimum Gasteiger partial charge on any atom is -0.398 e. The number of hydrogen-bond acceptors (Lipinski definition) is 3. The van der Waals surface area contributed by atoms with Gasteiger partial charge in [-0.1, -0.05) is 6.07 Å². The Bertz CT molecular complexity index is 431. The van der Waals surface area contributed by atoms with E-state index in [1.807, 2.05) is 0 Å². The first-order chi connectivity index (χ1) is 6.44. The molecule has 0 saturated heterocycles. The maximum absolute atomic E-state index is 11.2. The van der Waals surface area contributed by atoms with Gasteiger partial charge in [-0.05, 0) is 47.3 Å². The Morgan fingerprint density at radius 3 is 2.64 bits per heavy atom. The van der Waals surface area contributed by atoms with E-state index in [1.165, 1.54) is 7.05 Å². The van der Waals surface area contributed by atoms with Crippen LogP contribution in [0.1, 0.15) is 5.56 Å². The van der Waals surface area contributed by atoms with Crippen LogP contribution in [0, 0.1) is 3.57 Å². The van der Waals surface area contributed by atoms with Gasteiger partial charge in [0, 0.05) is 9.26 Å². The van der Waals surface area contributed by atoms with Gasteiger partial charge in [-0.3, -0.25) is 0 Å². The summed E-state index contributed by atoms with van der Waals surface area (Å²) in [7, 11) is -1.80. The molecule has 0 atom stereocenters. The van der Waals surface area contributed by atoms with E-state index in [1.54, 1.807) is 18.2 Å². The molecule has 78 valence electrons. The molecule has 0 aromatic heterocycles. The lowest BCUT2D eigenvalue weighted by Gasteiger charge is -2.04. The van der Waals surface area contributed by atoms with E-state index in [-0.39, 0.29) is 5.75 Å². The Balaban J connectivity index is 2.94. The van der Waals surface area contributed by atoms with Gasteiger partial charge in [0.15, 0.2) is 0 Å². The molecule has 0 bridgehead atoms. The van der Waals surface area contributed by atoms with Crippen molar-refractivity contribution in [3.8, 4) is 0 Å². The van der Waals surface area contributed by atoms with Gasteiger partial charge < -0.3 is 5.73 Å². The predicted octanol–water partition coefficient (Wildman–Crippen LogP) is 0.923. The standard InChI is InChI=1S/C8H11IN2O2S/c1-11-14(12,13)5-6-2-3-8(10)7(9)4-6/h2-4,11H,5,10H2,1H3. The SMILES string of the molecule is CNS(=O)(=O)Cc1ccc(N)c(I)c1. The molecule has 0 fully saturated rings. The van der Waals surface area contributed by atoms with E-state index < -0.39 is 10.0 Å². The van der Waals surface area contributed by atoms with Crippen LogP contribution in [0.2, 0.25) is 0 Å². The third-order valence-electron chi connectivity index (χ3n) is 1.73. The molecule has 1 rings (SSSR count). The topological polar surface area (TPSA) is 72.2 Å². The van der Waals surface area contributed by atoms with Crippen molar-refractivity contribution in [2.75, 3.05) is 12.8 Å². The summed E-state index contributed by atoms with van der Waals surface area (Å²) in [4.78, 5) is 0. The molecule has 3 N–H and O–H groups in total. The van der Waals surface area contributed by atoms with Crippen molar-refractivity contribution in [3.63, 3.8) is 0 Å². The van der Waals surface area contributed by atoms with Gasteiger partial charge >= 0.3 is 0 Å². The van der Waals surface area contributed by atoms with E-state index in [9.17, 15) is 8.42 Å². The van der Waals surface area contributed by atoms with E-state index in [0.29, 0.717) is 5.69 Å². The lowest BCUT2D eigenvalue weighted by Crippen LogP contribution is -2.20. The van der Waals surface area contributed by atoms with Crippen molar-refractivity contribution in [1.82, 2.24) is 4.72 Å². The predicted molar refractivity (Wildman–Crippen MR) is 65.3 cm³/mol. The highest BCUT2D eigenvalue weighted by molar-refractivity contribution is 14.1. The highest BCUT2D eigenvalue weighted by Crippen LogP contribution is 2.17. The fourth-order valence-corrected chi connectivity index (χ4v) is 2.29. The first kappa shape index (κ1) is 11.7. The molecular formula is C8H11IN2O2S. The van der Waals surface area contributed by atoms with Crippen LogP contribution in [0.3, 0.4) is 0 Å². The number of anilines is 1. The molecule has 0 aliphatic rings. The molecule has 6 heteroatoms. The molecule has 0 aliphatic carbocycles. The Morgan fingerprint density at radius 1 is 1.50 bits per heavy atom. The lowest BCUT2D eigenvalue weighted by molar-refractivity contribution is 0.587. The summed E-state index contributed by atoms with van der Waals surface area (Å²) in [6.45, 7) is 0. The van der Waals surface area contributed by atoms with E-state index in [4.69, 9.17) is 5.73 Å². The zero-order chi connectivity index (χ0) is 10.8. The van der Waals surface area contributed by atoms with Crippen LogP contribution in [0.4, 0.5) is 5.69 Å². The summed E-state index contributed by atoms with van der Waals surface area (Å²) in [6, 6.07) is 5.19. The van der Waals surface area contributed by atoms with Gasteiger partial charge in [-0.2, -0.15) is 0 Å². The molecule has 0 spiro atoms. The maximum atomic E-state index is 11.2. The summed E-state index contributed by atoms with van der Waals surface area (Å²) in [5.74, 6) is -0.0141. The molecular weight excluding hydrogens is 315 g/mol. The Labute approximate surface area is 97.1 Å². The summed E-state index contributed by atoms with van der Waals surface area (Å²) in [5.41, 5.74) is 7.01. The first-order valence-electron chi connectivity index (χ1n) is 3.90. The quantitative estimate of drug-likeness (QED) is 0.641. The number of rotatable bonds is 3. The number of sulfonamides is 1. The van der Waals surface area contributed by atoms with Gasteiger partial charge in [0.25, 0.3) is 0 Å². The number of nitrogen functional groups attached to an aromatic ring is 1. The van der Waals surface area contributed by atoms with Crippen molar-refractivity contribution < 1.29 is 8.42 Å². The van der Waals surface area contributed by atoms with Crippen molar-refractivity contribution >= 4 is 38.3 Å². The molecule has 0 unspecified atom stereocenters. The number of nitrogens with two attached hydrogens (primary N) is 1. The van der Waals surface area contributed by atoms with Crippen LogP contribution in [0.15, 0.2) is 18.2 Å². The van der Waals surface area contributed by atoms with Crippen molar-refractivity contribution in [2.24, 2.45) is 0 Å². The lowest BCUT2D eigenvalue weighted by atomic mass is 10.2. The normalized spacial score (nSPS) is 11.6. The first-order valence-corrected chi connectivity index (χ1v) is 6.63. The minimum absolute atomic E-state index is 0.0141. The molecule has 1 aromatic rings. The van der Waals surface area contributed by atoms with Crippen LogP contribution < -0.4 is 10.5 Å². The van der Waals surface area contributed by atoms with E-state index >= 15 is 0 Å². The second-order valence-corrected chi connectivity index (χ2v) is 5.91. The molecule has 0 aliphatic heterocycles. The van der Waals surface area contributed by atoms with E-state index in [2.05, 4.69) is 27.3 Å². The fourth-order valence-electron chi connectivity index (χ4n) is 0.952. The zero-order valence-electron chi connectivity index (χ0n) is 7.62. The highest BCUT2D eigenvalue weighted by atomic mass is 127. The molecule has 0 saturated carbocycles. The van der Waals surface area contributed by atoms with Crippen LogP contribution in [0.5, 0.6) is 0 Å². The van der Waals surface area contributed by atoms with Gasteiger partial charge in [0.1, 0.15) is 0 Å². The number of hydrogen-bond donors (Lipinski definition) is 2. The van der Waals surface area contributed by atoms with Gasteiger partial charge in [-0.15, -0.1) is 0 Å². The molecule has 1 aromatic carbocycles. The molecule has 0 radical (unpaired) electrons. The fraction of sp³-hybridized carbons (Fsp3) is 0.250. The van der Waals surface area contributed by atoms with Crippen LogP contribution in [0.25, 0.3) is 0 Å². The van der Waals surface area contributed by atoms with Gasteiger partial charge in [0.2, 0.25) is 10.0 Å². The second-order valence-electron chi connectivity index (χ2n) is 2.82. The van der Waals surface area contributed by atoms with Crippen molar-refractivity contribution in [2.45, 2.75) is 5.75 Å². The third-order valence-corrected chi connectivity index (χ3v) is 4.00. The van der Waals surface area contributed by atoms with Gasteiger partial charge in [0.05, 0.1) is 5.75 Å².